The van der Waals surface area contributed by atoms with Gasteiger partial charge in [0.1, 0.15) is 9.46 Å². The van der Waals surface area contributed by atoms with Gasteiger partial charge in [-0.1, -0.05) is 36.4 Å². The summed E-state index contributed by atoms with van der Waals surface area (Å²) in [5, 5.41) is 1.09. The van der Waals surface area contributed by atoms with Gasteiger partial charge in [0.25, 0.3) is 0 Å². The molecule has 2 rings (SSSR count). The van der Waals surface area contributed by atoms with Crippen LogP contribution in [0.1, 0.15) is 10.8 Å². The molecular weight excluding hydrogens is 254 g/mol. The van der Waals surface area contributed by atoms with Crippen molar-refractivity contribution in [3.8, 4) is 0 Å². The summed E-state index contributed by atoms with van der Waals surface area (Å²) in [5.74, 6) is 0. The molecule has 1 atom stereocenters. The molecule has 1 aromatic carbocycles. The highest BCUT2D eigenvalue weighted by molar-refractivity contribution is 7.93. The second-order valence-electron chi connectivity index (χ2n) is 3.61. The van der Waals surface area contributed by atoms with Crippen LogP contribution in [0, 0.1) is 0 Å². The minimum absolute atomic E-state index is 0.0875. The van der Waals surface area contributed by atoms with Crippen LogP contribution in [0.15, 0.2) is 52.1 Å². The van der Waals surface area contributed by atoms with E-state index in [9.17, 15) is 8.42 Å². The maximum absolute atomic E-state index is 12.4. The van der Waals surface area contributed by atoms with E-state index in [1.807, 2.05) is 18.2 Å². The Morgan fingerprint density at radius 1 is 1.12 bits per heavy atom. The highest BCUT2D eigenvalue weighted by atomic mass is 32.2. The Balaban J connectivity index is 2.44. The predicted molar refractivity (Wildman–Crippen MR) is 69.7 cm³/mol. The van der Waals surface area contributed by atoms with Crippen LogP contribution in [0.5, 0.6) is 0 Å². The summed E-state index contributed by atoms with van der Waals surface area (Å²) in [6, 6.07) is 12.4. The molecule has 0 amide bonds. The molecule has 0 aliphatic rings. The Morgan fingerprint density at radius 3 is 2.35 bits per heavy atom. The Bertz CT molecular complexity index is 562. The van der Waals surface area contributed by atoms with Gasteiger partial charge in [0.05, 0.1) is 0 Å². The van der Waals surface area contributed by atoms with E-state index in [1.165, 1.54) is 11.3 Å². The average Bonchev–Trinajstić information content (AvgIpc) is 2.85. The summed E-state index contributed by atoms with van der Waals surface area (Å²) in [7, 11) is -3.37. The molecule has 0 saturated heterocycles. The van der Waals surface area contributed by atoms with Gasteiger partial charge in [0.15, 0.2) is 9.84 Å². The number of thiophene rings is 1. The Hall–Kier alpha value is -1.17. The highest BCUT2D eigenvalue weighted by Crippen LogP contribution is 2.30. The molecule has 2 N–H and O–H groups in total. The van der Waals surface area contributed by atoms with Crippen LogP contribution < -0.4 is 5.73 Å². The fourth-order valence-corrected chi connectivity index (χ4v) is 4.49. The third-order valence-corrected chi connectivity index (χ3v) is 6.09. The lowest BCUT2D eigenvalue weighted by molar-refractivity contribution is 0.584. The fourth-order valence-electron chi connectivity index (χ4n) is 1.68. The largest absolute Gasteiger partial charge is 0.329 e. The number of nitrogens with two attached hydrogens (primary N) is 1. The molecule has 2 aromatic rings. The molecule has 0 bridgehead atoms. The highest BCUT2D eigenvalue weighted by Gasteiger charge is 2.28. The van der Waals surface area contributed by atoms with Crippen molar-refractivity contribution >= 4 is 21.2 Å². The molecule has 0 aliphatic carbocycles. The van der Waals surface area contributed by atoms with Crippen LogP contribution in [-0.4, -0.2) is 15.0 Å². The number of sulfone groups is 1. The molecular formula is C12H13NO2S2. The summed E-state index contributed by atoms with van der Waals surface area (Å²) in [5.41, 5.74) is 6.36. The van der Waals surface area contributed by atoms with E-state index in [4.69, 9.17) is 5.73 Å². The van der Waals surface area contributed by atoms with Gasteiger partial charge in [-0.2, -0.15) is 0 Å². The number of benzene rings is 1. The molecule has 17 heavy (non-hydrogen) atoms. The monoisotopic (exact) mass is 267 g/mol. The zero-order valence-electron chi connectivity index (χ0n) is 9.11. The maximum Gasteiger partial charge on any atom is 0.195 e. The average molecular weight is 267 g/mol. The Kier molecular flexibility index (Phi) is 3.61. The second kappa shape index (κ2) is 5.00. The van der Waals surface area contributed by atoms with E-state index in [2.05, 4.69) is 0 Å². The first kappa shape index (κ1) is 12.3. The summed E-state index contributed by atoms with van der Waals surface area (Å²) >= 11 is 1.22. The summed E-state index contributed by atoms with van der Waals surface area (Å²) in [4.78, 5) is 0. The third-order valence-electron chi connectivity index (χ3n) is 2.54. The van der Waals surface area contributed by atoms with E-state index in [-0.39, 0.29) is 6.54 Å². The van der Waals surface area contributed by atoms with Gasteiger partial charge in [0, 0.05) is 6.54 Å². The molecule has 0 spiro atoms. The summed E-state index contributed by atoms with van der Waals surface area (Å²) in [6.45, 7) is 0.0875. The van der Waals surface area contributed by atoms with Crippen LogP contribution in [0.3, 0.4) is 0 Å². The van der Waals surface area contributed by atoms with Gasteiger partial charge in [0.2, 0.25) is 0 Å². The Morgan fingerprint density at radius 2 is 1.82 bits per heavy atom. The van der Waals surface area contributed by atoms with Gasteiger partial charge in [-0.3, -0.25) is 0 Å². The molecule has 1 heterocycles. The van der Waals surface area contributed by atoms with Gasteiger partial charge in [-0.15, -0.1) is 11.3 Å². The molecule has 0 aliphatic heterocycles. The van der Waals surface area contributed by atoms with E-state index >= 15 is 0 Å². The lowest BCUT2D eigenvalue weighted by atomic mass is 10.1. The van der Waals surface area contributed by atoms with Crippen molar-refractivity contribution in [1.82, 2.24) is 0 Å². The maximum atomic E-state index is 12.4. The molecule has 1 unspecified atom stereocenters. The number of hydrogen-bond acceptors (Lipinski definition) is 4. The second-order valence-corrected chi connectivity index (χ2v) is 6.92. The lowest BCUT2D eigenvalue weighted by Crippen LogP contribution is -2.21. The van der Waals surface area contributed by atoms with Crippen LogP contribution in [0.2, 0.25) is 0 Å². The molecule has 1 aromatic heterocycles. The van der Waals surface area contributed by atoms with Crippen LogP contribution in [0.4, 0.5) is 0 Å². The Labute approximate surface area is 105 Å². The first-order valence-electron chi connectivity index (χ1n) is 5.18. The minimum Gasteiger partial charge on any atom is -0.329 e. The predicted octanol–water partition coefficient (Wildman–Crippen LogP) is 2.22. The van der Waals surface area contributed by atoms with Gasteiger partial charge in [-0.25, -0.2) is 8.42 Å². The molecule has 3 nitrogen and oxygen atoms in total. The van der Waals surface area contributed by atoms with E-state index in [1.54, 1.807) is 29.6 Å². The molecule has 0 fully saturated rings. The standard InChI is InChI=1S/C12H13NO2S2/c13-9-11(10-5-2-1-3-6-10)17(14,15)12-7-4-8-16-12/h1-8,11H,9,13H2. The molecule has 0 radical (unpaired) electrons. The summed E-state index contributed by atoms with van der Waals surface area (Å²) in [6.07, 6.45) is 0. The van der Waals surface area contributed by atoms with Crippen molar-refractivity contribution in [3.63, 3.8) is 0 Å². The number of hydrogen-bond donors (Lipinski definition) is 1. The van der Waals surface area contributed by atoms with Crippen molar-refractivity contribution < 1.29 is 8.42 Å². The first-order chi connectivity index (χ1) is 8.16. The van der Waals surface area contributed by atoms with Crippen LogP contribution in [0.25, 0.3) is 0 Å². The van der Waals surface area contributed by atoms with Crippen molar-refractivity contribution in [2.75, 3.05) is 6.54 Å². The van der Waals surface area contributed by atoms with Crippen LogP contribution >= 0.6 is 11.3 Å². The zero-order chi connectivity index (χ0) is 12.3. The quantitative estimate of drug-likeness (QED) is 0.924. The first-order valence-corrected chi connectivity index (χ1v) is 7.61. The van der Waals surface area contributed by atoms with E-state index in [0.717, 1.165) is 5.56 Å². The molecule has 90 valence electrons. The molecule has 5 heteroatoms. The topological polar surface area (TPSA) is 60.2 Å². The summed E-state index contributed by atoms with van der Waals surface area (Å²) < 4.78 is 25.1. The zero-order valence-corrected chi connectivity index (χ0v) is 10.7. The fraction of sp³-hybridized carbons (Fsp3) is 0.167. The van der Waals surface area contributed by atoms with Gasteiger partial charge in [-0.05, 0) is 17.0 Å². The van der Waals surface area contributed by atoms with Crippen molar-refractivity contribution in [1.29, 1.82) is 0 Å². The SMILES string of the molecule is NCC(c1ccccc1)S(=O)(=O)c1cccs1. The van der Waals surface area contributed by atoms with Crippen molar-refractivity contribution in [2.45, 2.75) is 9.46 Å². The van der Waals surface area contributed by atoms with Crippen LogP contribution in [-0.2, 0) is 9.84 Å². The van der Waals surface area contributed by atoms with E-state index in [0.29, 0.717) is 4.21 Å². The van der Waals surface area contributed by atoms with Crippen molar-refractivity contribution in [3.05, 3.63) is 53.4 Å². The van der Waals surface area contributed by atoms with Gasteiger partial charge < -0.3 is 5.73 Å². The van der Waals surface area contributed by atoms with Gasteiger partial charge >= 0.3 is 0 Å². The van der Waals surface area contributed by atoms with E-state index < -0.39 is 15.1 Å². The number of rotatable bonds is 4. The normalized spacial score (nSPS) is 13.5. The van der Waals surface area contributed by atoms with Crippen molar-refractivity contribution in [2.24, 2.45) is 5.73 Å². The lowest BCUT2D eigenvalue weighted by Gasteiger charge is -2.14. The minimum atomic E-state index is -3.37. The molecule has 0 saturated carbocycles. The third kappa shape index (κ3) is 2.41. The smallest absolute Gasteiger partial charge is 0.195 e.